The molecule has 4 heterocycles. The summed E-state index contributed by atoms with van der Waals surface area (Å²) < 4.78 is 9.99. The monoisotopic (exact) mass is 1240 g/mol. The van der Waals surface area contributed by atoms with Crippen LogP contribution in [0, 0.1) is 6.92 Å². The third-order valence-corrected chi connectivity index (χ3v) is 28.9. The molecule has 0 amide bonds. The Bertz CT molecular complexity index is 4870. The van der Waals surface area contributed by atoms with Crippen LogP contribution < -0.4 is 40.8 Å². The highest BCUT2D eigenvalue weighted by Gasteiger charge is 2.50. The quantitative estimate of drug-likeness (QED) is 0.127. The number of rotatable bonds is 10. The van der Waals surface area contributed by atoms with Crippen LogP contribution in [0.2, 0.25) is 11.1 Å². The zero-order valence-electron chi connectivity index (χ0n) is 56.5. The Morgan fingerprint density at radius 3 is 1.86 bits per heavy atom. The summed E-state index contributed by atoms with van der Waals surface area (Å²) in [6, 6.07) is 82.3. The van der Waals surface area contributed by atoms with Gasteiger partial charge >= 0.3 is 0 Å². The van der Waals surface area contributed by atoms with E-state index in [4.69, 9.17) is 4.42 Å². The minimum atomic E-state index is -2.75. The molecule has 2 aromatic heterocycles. The van der Waals surface area contributed by atoms with Crippen LogP contribution in [-0.2, 0) is 21.7 Å². The predicted octanol–water partition coefficient (Wildman–Crippen LogP) is 21.7. The third kappa shape index (κ3) is 9.40. The van der Waals surface area contributed by atoms with Crippen molar-refractivity contribution in [1.29, 1.82) is 0 Å². The van der Waals surface area contributed by atoms with Crippen molar-refractivity contribution in [2.75, 3.05) is 14.7 Å². The van der Waals surface area contributed by atoms with Gasteiger partial charge < -0.3 is 19.1 Å². The summed E-state index contributed by atoms with van der Waals surface area (Å²) in [5, 5.41) is 6.46. The predicted molar refractivity (Wildman–Crippen MR) is 402 cm³/mol. The Morgan fingerprint density at radius 2 is 1.15 bits per heavy atom. The molecule has 0 spiro atoms. The van der Waals surface area contributed by atoms with E-state index in [0.717, 1.165) is 63.2 Å². The van der Waals surface area contributed by atoms with Crippen LogP contribution in [-0.4, -0.2) is 14.8 Å². The zero-order valence-corrected chi connectivity index (χ0v) is 58.3. The van der Waals surface area contributed by atoms with Gasteiger partial charge in [0.25, 0.3) is 6.71 Å². The number of fused-ring (bicyclic) bond motifs is 10. The van der Waals surface area contributed by atoms with Crippen LogP contribution in [0.15, 0.2) is 217 Å². The number of benzene rings is 10. The zero-order chi connectivity index (χ0) is 64.1. The molecule has 7 heteroatoms. The van der Waals surface area contributed by atoms with Gasteiger partial charge in [0.15, 0.2) is 5.58 Å². The van der Waals surface area contributed by atoms with Crippen LogP contribution >= 0.6 is 11.3 Å². The summed E-state index contributed by atoms with van der Waals surface area (Å²) in [7, 11) is -2.75. The van der Waals surface area contributed by atoms with Crippen molar-refractivity contribution in [1.82, 2.24) is 0 Å². The van der Waals surface area contributed by atoms with Crippen LogP contribution in [0.1, 0.15) is 138 Å². The van der Waals surface area contributed by atoms with Gasteiger partial charge in [-0.1, -0.05) is 241 Å². The molecule has 4 nitrogen and oxygen atoms in total. The summed E-state index contributed by atoms with van der Waals surface area (Å²) in [6.45, 7) is 36.1. The highest BCUT2D eigenvalue weighted by Crippen LogP contribution is 2.54. The number of aryl methyl sites for hydroxylation is 1. The lowest BCUT2D eigenvalue weighted by molar-refractivity contribution is 0.332. The van der Waals surface area contributed by atoms with Gasteiger partial charge in [0.2, 0.25) is 0 Å². The van der Waals surface area contributed by atoms with E-state index >= 15 is 0 Å². The maximum absolute atomic E-state index is 7.30. The molecule has 0 N–H and O–H groups in total. The summed E-state index contributed by atoms with van der Waals surface area (Å²) in [5.74, 6) is 0. The Kier molecular flexibility index (Phi) is 14.1. The molecular formula is C85H86BN3OSSi. The first-order valence-corrected chi connectivity index (χ1v) is 36.6. The van der Waals surface area contributed by atoms with Gasteiger partial charge in [0.1, 0.15) is 13.7 Å². The average Bonchev–Trinajstić information content (AvgIpc) is 1.22. The SMILES string of the molecule is Cc1ccc([Si](c2cc3c4c(c2)N(c2cccc5c2oc2ccccc25)c2cc(N(c5ccc(C(C)(C)C)cc5)c5ccccc5-c5ccccc5)ccc2B4c2sc4ccc(C(C)(C)C)cc4c2N3c2ccc3c(c2)C(C)(C)CCC3(C)C)(C(C)C)C(C)C)cc1. The molecule has 92 heavy (non-hydrogen) atoms. The molecule has 1 aliphatic carbocycles. The van der Waals surface area contributed by atoms with Crippen LogP contribution in [0.3, 0.4) is 0 Å². The fourth-order valence-electron chi connectivity index (χ4n) is 16.5. The van der Waals surface area contributed by atoms with Crippen molar-refractivity contribution in [2.24, 2.45) is 0 Å². The standard InChI is InChI=1S/C85H86BN3OSSi/c1-53(2)92(54(3)4,62-41-32-55(5)33-42-62)63-51-74-78-75(52-63)89(72-30-23-28-66-65-27-20-22-31-76(65)90-80(66)72)73-50-61(87(59-37-34-57(35-38-59)82(6,7)8)71-29-21-19-26-64(71)56-24-17-16-18-25-56)40-44-70(73)86(78)81-79(67-48-58(83(9,10)11)36-45-77(67)91-81)88(74)60-39-43-68-69(49-60)85(14,15)47-46-84(68,12)13/h16-45,48-54H,46-47H2,1-15H3. The third-order valence-electron chi connectivity index (χ3n) is 21.5. The Hall–Kier alpha value is -8.36. The van der Waals surface area contributed by atoms with Crippen molar-refractivity contribution in [3.63, 3.8) is 0 Å². The van der Waals surface area contributed by atoms with E-state index in [1.165, 1.54) is 97.9 Å². The molecule has 460 valence electrons. The number of nitrogens with zero attached hydrogens (tertiary/aromatic N) is 3. The largest absolute Gasteiger partial charge is 0.454 e. The second kappa shape index (κ2) is 21.6. The Labute approximate surface area is 551 Å². The maximum atomic E-state index is 7.30. The summed E-state index contributed by atoms with van der Waals surface area (Å²) in [6.07, 6.45) is 2.30. The van der Waals surface area contributed by atoms with Crippen LogP contribution in [0.5, 0.6) is 0 Å². The lowest BCUT2D eigenvalue weighted by atomic mass is 9.36. The molecule has 2 aliphatic heterocycles. The molecule has 0 bridgehead atoms. The molecule has 15 rings (SSSR count). The van der Waals surface area contributed by atoms with E-state index in [1.807, 2.05) is 11.3 Å². The van der Waals surface area contributed by atoms with Gasteiger partial charge in [-0.15, -0.1) is 11.3 Å². The van der Waals surface area contributed by atoms with E-state index in [1.54, 1.807) is 0 Å². The molecule has 0 radical (unpaired) electrons. The lowest BCUT2D eigenvalue weighted by Gasteiger charge is -2.47. The normalized spacial score (nSPS) is 15.1. The first-order valence-electron chi connectivity index (χ1n) is 33.6. The fraction of sp³-hybridized carbons (Fsp3) is 0.271. The van der Waals surface area contributed by atoms with Gasteiger partial charge in [-0.2, -0.15) is 0 Å². The number of thiophene rings is 1. The van der Waals surface area contributed by atoms with E-state index in [-0.39, 0.29) is 28.4 Å². The van der Waals surface area contributed by atoms with Crippen LogP contribution in [0.4, 0.5) is 51.2 Å². The maximum Gasteiger partial charge on any atom is 0.264 e. The van der Waals surface area contributed by atoms with Crippen molar-refractivity contribution >= 4 is 135 Å². The molecule has 3 aliphatic rings. The van der Waals surface area contributed by atoms with Crippen molar-refractivity contribution in [2.45, 2.75) is 149 Å². The van der Waals surface area contributed by atoms with Crippen LogP contribution in [0.25, 0.3) is 43.2 Å². The fourth-order valence-corrected chi connectivity index (χ4v) is 23.6. The van der Waals surface area contributed by atoms with Gasteiger partial charge in [-0.05, 0) is 175 Å². The molecule has 0 unspecified atom stereocenters. The van der Waals surface area contributed by atoms with E-state index in [9.17, 15) is 0 Å². The Morgan fingerprint density at radius 1 is 0.522 bits per heavy atom. The minimum Gasteiger partial charge on any atom is -0.454 e. The summed E-state index contributed by atoms with van der Waals surface area (Å²) in [4.78, 5) is 7.95. The molecule has 0 fully saturated rings. The average molecular weight is 1240 g/mol. The Balaban J connectivity index is 1.11. The first-order chi connectivity index (χ1) is 43.9. The second-order valence-electron chi connectivity index (χ2n) is 30.9. The number of para-hydroxylation sites is 3. The minimum absolute atomic E-state index is 0.00889. The topological polar surface area (TPSA) is 22.9 Å². The van der Waals surface area contributed by atoms with Crippen molar-refractivity contribution in [3.8, 4) is 11.1 Å². The van der Waals surface area contributed by atoms with E-state index in [2.05, 4.69) is 331 Å². The lowest BCUT2D eigenvalue weighted by Crippen LogP contribution is -2.65. The summed E-state index contributed by atoms with van der Waals surface area (Å²) >= 11 is 2.00. The molecule has 10 aromatic carbocycles. The number of hydrogen-bond acceptors (Lipinski definition) is 5. The number of hydrogen-bond donors (Lipinski definition) is 0. The van der Waals surface area contributed by atoms with Gasteiger partial charge in [0, 0.05) is 65.3 Å². The summed E-state index contributed by atoms with van der Waals surface area (Å²) in [5.41, 5.74) is 24.7. The second-order valence-corrected chi connectivity index (χ2v) is 37.1. The van der Waals surface area contributed by atoms with Crippen molar-refractivity contribution < 1.29 is 4.42 Å². The molecular weight excluding hydrogens is 1150 g/mol. The molecule has 0 atom stereocenters. The smallest absolute Gasteiger partial charge is 0.264 e. The highest BCUT2D eigenvalue weighted by molar-refractivity contribution is 7.33. The van der Waals surface area contributed by atoms with E-state index in [0.29, 0.717) is 11.1 Å². The van der Waals surface area contributed by atoms with Gasteiger partial charge in [0.05, 0.1) is 17.1 Å². The van der Waals surface area contributed by atoms with E-state index < -0.39 is 8.07 Å². The van der Waals surface area contributed by atoms with Gasteiger partial charge in [-0.25, -0.2) is 0 Å². The number of furan rings is 1. The molecule has 0 saturated heterocycles. The highest BCUT2D eigenvalue weighted by atomic mass is 32.1. The molecule has 12 aromatic rings. The van der Waals surface area contributed by atoms with Crippen molar-refractivity contribution in [3.05, 3.63) is 240 Å². The van der Waals surface area contributed by atoms with Gasteiger partial charge in [-0.3, -0.25) is 0 Å². The number of anilines is 9. The molecule has 0 saturated carbocycles. The first kappa shape index (κ1) is 59.9.